The molecular formula is C15H23ClN2O2. The molecular weight excluding hydrogens is 276 g/mol. The van der Waals surface area contributed by atoms with Gasteiger partial charge in [-0.3, -0.25) is 9.59 Å². The van der Waals surface area contributed by atoms with Crippen LogP contribution in [0, 0.1) is 13.8 Å². The summed E-state index contributed by atoms with van der Waals surface area (Å²) >= 11 is 5.86. The third kappa shape index (κ3) is 4.10. The van der Waals surface area contributed by atoms with Gasteiger partial charge >= 0.3 is 0 Å². The standard InChI is InChI=1S/C15H23ClN2O2/c1-9(2)17-14(19)6-7-18-10(3)8-13(12(18)5)15(20)11(4)16/h8-9,11H,6-7H2,1-5H3,(H,17,19). The van der Waals surface area contributed by atoms with Crippen LogP contribution in [0.1, 0.15) is 48.9 Å². The first kappa shape index (κ1) is 16.8. The fourth-order valence-corrected chi connectivity index (χ4v) is 2.33. The summed E-state index contributed by atoms with van der Waals surface area (Å²) in [6.45, 7) is 9.93. The van der Waals surface area contributed by atoms with Crippen molar-refractivity contribution in [2.45, 2.75) is 59.0 Å². The van der Waals surface area contributed by atoms with Crippen LogP contribution in [0.25, 0.3) is 0 Å². The Morgan fingerprint density at radius 1 is 1.30 bits per heavy atom. The minimum absolute atomic E-state index is 0.0195. The second kappa shape index (κ2) is 6.93. The number of nitrogens with one attached hydrogen (secondary N) is 1. The Morgan fingerprint density at radius 2 is 1.90 bits per heavy atom. The highest BCUT2D eigenvalue weighted by Crippen LogP contribution is 2.19. The number of amides is 1. The molecule has 1 N–H and O–H groups in total. The van der Waals surface area contributed by atoms with Gasteiger partial charge in [-0.05, 0) is 40.7 Å². The Morgan fingerprint density at radius 3 is 2.40 bits per heavy atom. The lowest BCUT2D eigenvalue weighted by molar-refractivity contribution is -0.121. The van der Waals surface area contributed by atoms with Gasteiger partial charge in [-0.25, -0.2) is 0 Å². The van der Waals surface area contributed by atoms with Gasteiger partial charge in [0, 0.05) is 36.0 Å². The molecule has 1 amide bonds. The highest BCUT2D eigenvalue weighted by Gasteiger charge is 2.19. The van der Waals surface area contributed by atoms with Gasteiger partial charge in [-0.2, -0.15) is 0 Å². The molecule has 1 aromatic rings. The van der Waals surface area contributed by atoms with Gasteiger partial charge in [0.15, 0.2) is 5.78 Å². The van der Waals surface area contributed by atoms with Gasteiger partial charge < -0.3 is 9.88 Å². The number of Topliss-reactive ketones (excluding diaryl/α,β-unsaturated/α-hetero) is 1. The average molecular weight is 299 g/mol. The smallest absolute Gasteiger partial charge is 0.221 e. The number of carbonyl (C=O) groups excluding carboxylic acids is 2. The molecule has 0 radical (unpaired) electrons. The highest BCUT2D eigenvalue weighted by molar-refractivity contribution is 6.33. The number of nitrogens with zero attached hydrogens (tertiary/aromatic N) is 1. The summed E-state index contributed by atoms with van der Waals surface area (Å²) in [5.74, 6) is -0.0521. The second-order valence-electron chi connectivity index (χ2n) is 5.39. The average Bonchev–Trinajstić information content (AvgIpc) is 2.60. The number of carbonyl (C=O) groups is 2. The lowest BCUT2D eigenvalue weighted by atomic mass is 10.1. The monoisotopic (exact) mass is 298 g/mol. The highest BCUT2D eigenvalue weighted by atomic mass is 35.5. The number of aromatic nitrogens is 1. The fraction of sp³-hybridized carbons (Fsp3) is 0.600. The molecule has 0 spiro atoms. The Balaban J connectivity index is 2.82. The largest absolute Gasteiger partial charge is 0.354 e. The molecule has 20 heavy (non-hydrogen) atoms. The first-order valence-corrected chi connectivity index (χ1v) is 7.32. The van der Waals surface area contributed by atoms with Crippen molar-refractivity contribution < 1.29 is 9.59 Å². The number of hydrogen-bond acceptors (Lipinski definition) is 2. The predicted molar refractivity (Wildman–Crippen MR) is 81.4 cm³/mol. The van der Waals surface area contributed by atoms with E-state index in [0.717, 1.165) is 11.4 Å². The molecule has 1 atom stereocenters. The molecule has 5 heteroatoms. The summed E-state index contributed by atoms with van der Waals surface area (Å²) in [5, 5.41) is 2.33. The van der Waals surface area contributed by atoms with Crippen molar-refractivity contribution in [1.29, 1.82) is 0 Å². The number of rotatable bonds is 6. The third-order valence-corrected chi connectivity index (χ3v) is 3.41. The van der Waals surface area contributed by atoms with E-state index >= 15 is 0 Å². The van der Waals surface area contributed by atoms with Crippen LogP contribution in [0.4, 0.5) is 0 Å². The molecule has 0 saturated carbocycles. The Bertz CT molecular complexity index is 504. The van der Waals surface area contributed by atoms with Crippen LogP contribution in [0.15, 0.2) is 6.07 Å². The van der Waals surface area contributed by atoms with E-state index in [1.165, 1.54) is 0 Å². The minimum atomic E-state index is -0.534. The molecule has 1 unspecified atom stereocenters. The molecule has 0 aliphatic carbocycles. The van der Waals surface area contributed by atoms with Gasteiger partial charge in [-0.15, -0.1) is 11.6 Å². The first-order chi connectivity index (χ1) is 9.23. The topological polar surface area (TPSA) is 51.1 Å². The van der Waals surface area contributed by atoms with E-state index in [-0.39, 0.29) is 17.7 Å². The zero-order chi connectivity index (χ0) is 15.4. The molecule has 0 aromatic carbocycles. The SMILES string of the molecule is Cc1cc(C(=O)C(C)Cl)c(C)n1CCC(=O)NC(C)C. The Kier molecular flexibility index (Phi) is 5.81. The van der Waals surface area contributed by atoms with Crippen LogP contribution in [-0.2, 0) is 11.3 Å². The summed E-state index contributed by atoms with van der Waals surface area (Å²) < 4.78 is 1.99. The van der Waals surface area contributed by atoms with E-state index in [9.17, 15) is 9.59 Å². The molecule has 0 fully saturated rings. The summed E-state index contributed by atoms with van der Waals surface area (Å²) in [6.07, 6.45) is 0.401. The molecule has 1 aromatic heterocycles. The van der Waals surface area contributed by atoms with Crippen molar-refractivity contribution >= 4 is 23.3 Å². The molecule has 1 rings (SSSR count). The van der Waals surface area contributed by atoms with Gasteiger partial charge in [0.05, 0.1) is 5.38 Å². The summed E-state index contributed by atoms with van der Waals surface area (Å²) in [5.41, 5.74) is 2.49. The Labute approximate surface area is 125 Å². The summed E-state index contributed by atoms with van der Waals surface area (Å²) in [7, 11) is 0. The lowest BCUT2D eigenvalue weighted by Gasteiger charge is -2.12. The maximum atomic E-state index is 12.0. The van der Waals surface area contributed by atoms with E-state index in [0.29, 0.717) is 18.5 Å². The first-order valence-electron chi connectivity index (χ1n) is 6.88. The third-order valence-electron chi connectivity index (χ3n) is 3.21. The number of alkyl halides is 1. The lowest BCUT2D eigenvalue weighted by Crippen LogP contribution is -2.30. The number of halogens is 1. The normalized spacial score (nSPS) is 12.6. The predicted octanol–water partition coefficient (Wildman–Crippen LogP) is 2.83. The maximum Gasteiger partial charge on any atom is 0.221 e. The molecule has 0 saturated heterocycles. The molecule has 4 nitrogen and oxygen atoms in total. The van der Waals surface area contributed by atoms with E-state index in [4.69, 9.17) is 11.6 Å². The second-order valence-corrected chi connectivity index (χ2v) is 6.04. The van der Waals surface area contributed by atoms with Crippen molar-refractivity contribution in [2.24, 2.45) is 0 Å². The van der Waals surface area contributed by atoms with Crippen LogP contribution < -0.4 is 5.32 Å². The van der Waals surface area contributed by atoms with Crippen LogP contribution in [0.2, 0.25) is 0 Å². The van der Waals surface area contributed by atoms with Crippen molar-refractivity contribution in [3.63, 3.8) is 0 Å². The van der Waals surface area contributed by atoms with E-state index < -0.39 is 5.38 Å². The van der Waals surface area contributed by atoms with Crippen LogP contribution in [0.3, 0.4) is 0 Å². The summed E-state index contributed by atoms with van der Waals surface area (Å²) in [6, 6.07) is 1.99. The quantitative estimate of drug-likeness (QED) is 0.648. The number of ketones is 1. The fourth-order valence-electron chi connectivity index (χ4n) is 2.22. The molecule has 1 heterocycles. The zero-order valence-electron chi connectivity index (χ0n) is 12.8. The van der Waals surface area contributed by atoms with Gasteiger partial charge in [-0.1, -0.05) is 0 Å². The van der Waals surface area contributed by atoms with Crippen LogP contribution in [-0.4, -0.2) is 27.7 Å². The maximum absolute atomic E-state index is 12.0. The van der Waals surface area contributed by atoms with Crippen molar-refractivity contribution in [3.8, 4) is 0 Å². The van der Waals surface area contributed by atoms with Crippen LogP contribution >= 0.6 is 11.6 Å². The van der Waals surface area contributed by atoms with Crippen molar-refractivity contribution in [2.75, 3.05) is 0 Å². The summed E-state index contributed by atoms with van der Waals surface area (Å²) in [4.78, 5) is 23.7. The van der Waals surface area contributed by atoms with Crippen molar-refractivity contribution in [3.05, 3.63) is 23.0 Å². The van der Waals surface area contributed by atoms with Crippen molar-refractivity contribution in [1.82, 2.24) is 9.88 Å². The van der Waals surface area contributed by atoms with Gasteiger partial charge in [0.2, 0.25) is 5.91 Å². The zero-order valence-corrected chi connectivity index (χ0v) is 13.5. The van der Waals surface area contributed by atoms with Crippen LogP contribution in [0.5, 0.6) is 0 Å². The van der Waals surface area contributed by atoms with Gasteiger partial charge in [0.25, 0.3) is 0 Å². The minimum Gasteiger partial charge on any atom is -0.354 e. The van der Waals surface area contributed by atoms with E-state index in [1.807, 2.05) is 38.3 Å². The molecule has 112 valence electrons. The molecule has 0 aliphatic rings. The van der Waals surface area contributed by atoms with E-state index in [2.05, 4.69) is 5.32 Å². The van der Waals surface area contributed by atoms with Gasteiger partial charge in [0.1, 0.15) is 0 Å². The molecule has 0 bridgehead atoms. The number of hydrogen-bond donors (Lipinski definition) is 1. The number of aryl methyl sites for hydroxylation is 1. The Hall–Kier alpha value is -1.29. The molecule has 0 aliphatic heterocycles. The van der Waals surface area contributed by atoms with E-state index in [1.54, 1.807) is 6.92 Å².